The quantitative estimate of drug-likeness (QED) is 0.526. The number of aryl methyl sites for hydroxylation is 1. The van der Waals surface area contributed by atoms with Gasteiger partial charge in [-0.05, 0) is 62.6 Å². The van der Waals surface area contributed by atoms with Crippen molar-refractivity contribution in [2.75, 3.05) is 11.1 Å². The van der Waals surface area contributed by atoms with Crippen LogP contribution in [0.3, 0.4) is 0 Å². The van der Waals surface area contributed by atoms with E-state index in [0.717, 1.165) is 25.8 Å². The Morgan fingerprint density at radius 3 is 2.45 bits per heavy atom. The summed E-state index contributed by atoms with van der Waals surface area (Å²) in [5.74, 6) is -0.320. The molecule has 3 atom stereocenters. The standard InChI is InChI=1S/C22H26ClF4N5O/c1-10(22(25,26)27)29-15-7-11-5-13(6-12(11)8-15)19-18(20(28)32(2)31-19)21(33)30-14-3-4-17(24)16(23)9-14/h3-4,9-13,15,29H,5-8,28H2,1-2H3,(H,30,33). The van der Waals surface area contributed by atoms with Gasteiger partial charge >= 0.3 is 6.18 Å². The highest BCUT2D eigenvalue weighted by Gasteiger charge is 2.46. The molecule has 1 amide bonds. The van der Waals surface area contributed by atoms with Crippen molar-refractivity contribution in [3.8, 4) is 0 Å². The molecular formula is C22H26ClF4N5O. The Morgan fingerprint density at radius 1 is 1.24 bits per heavy atom. The first-order chi connectivity index (χ1) is 15.4. The number of nitrogens with two attached hydrogens (primary N) is 1. The minimum Gasteiger partial charge on any atom is -0.383 e. The number of aromatic nitrogens is 2. The third kappa shape index (κ3) is 4.82. The molecule has 2 aliphatic carbocycles. The molecule has 0 aliphatic heterocycles. The van der Waals surface area contributed by atoms with Gasteiger partial charge in [-0.15, -0.1) is 0 Å². The number of anilines is 2. The van der Waals surface area contributed by atoms with Crippen molar-refractivity contribution >= 4 is 29.0 Å². The zero-order valence-electron chi connectivity index (χ0n) is 18.2. The van der Waals surface area contributed by atoms with E-state index in [9.17, 15) is 22.4 Å². The van der Waals surface area contributed by atoms with E-state index in [2.05, 4.69) is 15.7 Å². The largest absolute Gasteiger partial charge is 0.403 e. The summed E-state index contributed by atoms with van der Waals surface area (Å²) in [6, 6.07) is 2.17. The second-order valence-corrected chi connectivity index (χ2v) is 9.55. The maximum absolute atomic E-state index is 13.4. The van der Waals surface area contributed by atoms with Gasteiger partial charge in [0.2, 0.25) is 0 Å². The van der Waals surface area contributed by atoms with Gasteiger partial charge in [0.25, 0.3) is 5.91 Å². The summed E-state index contributed by atoms with van der Waals surface area (Å²) in [5, 5.41) is 9.79. The number of carbonyl (C=O) groups excluding carboxylic acids is 1. The van der Waals surface area contributed by atoms with Crippen molar-refractivity contribution in [1.29, 1.82) is 0 Å². The van der Waals surface area contributed by atoms with Gasteiger partial charge in [-0.2, -0.15) is 18.3 Å². The van der Waals surface area contributed by atoms with Gasteiger partial charge < -0.3 is 16.4 Å². The maximum Gasteiger partial charge on any atom is 0.403 e. The van der Waals surface area contributed by atoms with E-state index in [-0.39, 0.29) is 40.2 Å². The third-order valence-electron chi connectivity index (χ3n) is 6.90. The predicted octanol–water partition coefficient (Wildman–Crippen LogP) is 4.86. The monoisotopic (exact) mass is 487 g/mol. The number of carbonyl (C=O) groups is 1. The first-order valence-electron chi connectivity index (χ1n) is 10.9. The van der Waals surface area contributed by atoms with Crippen molar-refractivity contribution in [2.45, 2.75) is 56.8 Å². The fraction of sp³-hybridized carbons (Fsp3) is 0.545. The number of halogens is 5. The molecule has 3 unspecified atom stereocenters. The molecule has 2 saturated carbocycles. The van der Waals surface area contributed by atoms with Crippen molar-refractivity contribution in [2.24, 2.45) is 18.9 Å². The Labute approximate surface area is 193 Å². The number of hydrogen-bond acceptors (Lipinski definition) is 4. The molecule has 1 aromatic heterocycles. The molecule has 1 aromatic carbocycles. The van der Waals surface area contributed by atoms with Gasteiger partial charge in [-0.25, -0.2) is 4.39 Å². The Morgan fingerprint density at radius 2 is 1.88 bits per heavy atom. The highest BCUT2D eigenvalue weighted by Crippen LogP contribution is 2.51. The first kappa shape index (κ1) is 23.8. The Hall–Kier alpha value is -2.33. The van der Waals surface area contributed by atoms with Crippen LogP contribution in [0.1, 0.15) is 54.6 Å². The number of nitrogens with zero attached hydrogens (tertiary/aromatic N) is 2. The fourth-order valence-corrected chi connectivity index (χ4v) is 5.45. The Bertz CT molecular complexity index is 1040. The van der Waals surface area contributed by atoms with Crippen molar-refractivity contribution in [3.05, 3.63) is 40.3 Å². The van der Waals surface area contributed by atoms with Gasteiger partial charge in [0.05, 0.1) is 10.7 Å². The number of rotatable bonds is 5. The molecular weight excluding hydrogens is 462 g/mol. The molecule has 1 heterocycles. The average molecular weight is 488 g/mol. The Balaban J connectivity index is 1.46. The van der Waals surface area contributed by atoms with E-state index >= 15 is 0 Å². The highest BCUT2D eigenvalue weighted by molar-refractivity contribution is 6.31. The molecule has 6 nitrogen and oxygen atoms in total. The van der Waals surface area contributed by atoms with E-state index in [1.165, 1.54) is 16.8 Å². The van der Waals surface area contributed by atoms with Crippen LogP contribution in [-0.2, 0) is 7.05 Å². The molecule has 4 rings (SSSR count). The summed E-state index contributed by atoms with van der Waals surface area (Å²) in [6.07, 6.45) is -1.45. The highest BCUT2D eigenvalue weighted by atomic mass is 35.5. The summed E-state index contributed by atoms with van der Waals surface area (Å²) in [6.45, 7) is 1.15. The molecule has 0 bridgehead atoms. The third-order valence-corrected chi connectivity index (χ3v) is 7.19. The van der Waals surface area contributed by atoms with E-state index in [1.54, 1.807) is 7.05 Å². The first-order valence-corrected chi connectivity index (χ1v) is 11.2. The molecule has 0 radical (unpaired) electrons. The zero-order valence-corrected chi connectivity index (χ0v) is 19.0. The van der Waals surface area contributed by atoms with Crippen LogP contribution in [0.15, 0.2) is 18.2 Å². The van der Waals surface area contributed by atoms with Gasteiger partial charge in [0, 0.05) is 24.7 Å². The second-order valence-electron chi connectivity index (χ2n) is 9.14. The molecule has 0 saturated heterocycles. The number of hydrogen-bond donors (Lipinski definition) is 3. The molecule has 2 aliphatic rings. The number of benzene rings is 1. The lowest BCUT2D eigenvalue weighted by molar-refractivity contribution is -0.153. The molecule has 2 aromatic rings. The topological polar surface area (TPSA) is 85.0 Å². The summed E-state index contributed by atoms with van der Waals surface area (Å²) >= 11 is 5.80. The Kier molecular flexibility index (Phi) is 6.34. The smallest absolute Gasteiger partial charge is 0.383 e. The van der Waals surface area contributed by atoms with Crippen LogP contribution in [0, 0.1) is 17.7 Å². The summed E-state index contributed by atoms with van der Waals surface area (Å²) < 4.78 is 53.5. The summed E-state index contributed by atoms with van der Waals surface area (Å²) in [5.41, 5.74) is 7.33. The zero-order chi connectivity index (χ0) is 24.1. The molecule has 11 heteroatoms. The molecule has 0 spiro atoms. The van der Waals surface area contributed by atoms with Gasteiger partial charge in [-0.1, -0.05) is 11.6 Å². The minimum atomic E-state index is -4.26. The summed E-state index contributed by atoms with van der Waals surface area (Å²) in [4.78, 5) is 13.0. The normalized spacial score (nSPS) is 25.8. The van der Waals surface area contributed by atoms with Crippen LogP contribution in [-0.4, -0.2) is 33.9 Å². The van der Waals surface area contributed by atoms with E-state index in [1.807, 2.05) is 0 Å². The van der Waals surface area contributed by atoms with Gasteiger partial charge in [0.1, 0.15) is 23.2 Å². The molecule has 4 N–H and O–H groups in total. The summed E-state index contributed by atoms with van der Waals surface area (Å²) in [7, 11) is 1.65. The lowest BCUT2D eigenvalue weighted by Gasteiger charge is -2.23. The molecule has 33 heavy (non-hydrogen) atoms. The van der Waals surface area contributed by atoms with Crippen LogP contribution < -0.4 is 16.4 Å². The number of fused-ring (bicyclic) bond motifs is 1. The van der Waals surface area contributed by atoms with Gasteiger partial charge in [-0.3, -0.25) is 9.48 Å². The molecule has 180 valence electrons. The number of amides is 1. The lowest BCUT2D eigenvalue weighted by Crippen LogP contribution is -2.44. The number of nitrogens with one attached hydrogen (secondary N) is 2. The number of nitrogen functional groups attached to an aromatic ring is 1. The van der Waals surface area contributed by atoms with Crippen LogP contribution in [0.2, 0.25) is 5.02 Å². The van der Waals surface area contributed by atoms with Crippen LogP contribution in [0.4, 0.5) is 29.1 Å². The van der Waals surface area contributed by atoms with E-state index in [4.69, 9.17) is 17.3 Å². The average Bonchev–Trinajstić information content (AvgIpc) is 3.36. The van der Waals surface area contributed by atoms with Crippen molar-refractivity contribution < 1.29 is 22.4 Å². The lowest BCUT2D eigenvalue weighted by atomic mass is 9.95. The second kappa shape index (κ2) is 8.79. The SMILES string of the molecule is CC(NC1CC2CC(c3nn(C)c(N)c3C(=O)Nc3ccc(F)c(Cl)c3)CC2C1)C(F)(F)F. The van der Waals surface area contributed by atoms with Gasteiger partial charge in [0.15, 0.2) is 0 Å². The van der Waals surface area contributed by atoms with Crippen LogP contribution in [0.5, 0.6) is 0 Å². The predicted molar refractivity (Wildman–Crippen MR) is 118 cm³/mol. The fourth-order valence-electron chi connectivity index (χ4n) is 5.27. The molecule has 2 fully saturated rings. The van der Waals surface area contributed by atoms with Crippen molar-refractivity contribution in [3.63, 3.8) is 0 Å². The van der Waals surface area contributed by atoms with Crippen LogP contribution in [0.25, 0.3) is 0 Å². The van der Waals surface area contributed by atoms with E-state index < -0.39 is 23.9 Å². The van der Waals surface area contributed by atoms with Crippen LogP contribution >= 0.6 is 11.6 Å². The number of alkyl halides is 3. The van der Waals surface area contributed by atoms with E-state index in [0.29, 0.717) is 24.2 Å². The maximum atomic E-state index is 13.4. The van der Waals surface area contributed by atoms with Crippen molar-refractivity contribution in [1.82, 2.24) is 15.1 Å². The minimum absolute atomic E-state index is 0.0120.